The summed E-state index contributed by atoms with van der Waals surface area (Å²) in [5.41, 5.74) is 0.136. The molecule has 4 nitrogen and oxygen atoms in total. The molecule has 2 N–H and O–H groups in total. The van der Waals surface area contributed by atoms with Gasteiger partial charge in [-0.05, 0) is 70.4 Å². The van der Waals surface area contributed by atoms with E-state index in [-0.39, 0.29) is 11.6 Å². The second-order valence-corrected chi connectivity index (χ2v) is 7.38. The molecule has 19 heavy (non-hydrogen) atoms. The Morgan fingerprint density at radius 3 is 2.11 bits per heavy atom. The molecule has 4 aliphatic carbocycles. The maximum absolute atomic E-state index is 12.1. The Morgan fingerprint density at radius 2 is 1.63 bits per heavy atom. The highest BCUT2D eigenvalue weighted by Gasteiger charge is 2.51. The molecular weight excluding hydrogens is 238 g/mol. The minimum absolute atomic E-state index is 0.0452. The third kappa shape index (κ3) is 2.88. The van der Waals surface area contributed by atoms with E-state index in [0.29, 0.717) is 0 Å². The van der Waals surface area contributed by atoms with Gasteiger partial charge in [0.15, 0.2) is 0 Å². The number of urea groups is 1. The largest absolute Gasteiger partial charge is 0.337 e. The minimum Gasteiger partial charge on any atom is -0.337 e. The molecule has 0 aromatic heterocycles. The normalized spacial score (nSPS) is 39.6. The van der Waals surface area contributed by atoms with Crippen molar-refractivity contribution in [3.8, 4) is 0 Å². The lowest BCUT2D eigenvalue weighted by atomic mass is 9.53. The van der Waals surface area contributed by atoms with Crippen molar-refractivity contribution in [3.05, 3.63) is 0 Å². The van der Waals surface area contributed by atoms with Crippen molar-refractivity contribution in [2.45, 2.75) is 44.1 Å². The predicted molar refractivity (Wildman–Crippen MR) is 76.0 cm³/mol. The number of carbonyl (C=O) groups excluding carboxylic acids is 1. The van der Waals surface area contributed by atoms with Crippen molar-refractivity contribution < 1.29 is 4.79 Å². The van der Waals surface area contributed by atoms with Crippen LogP contribution in [0.5, 0.6) is 0 Å². The van der Waals surface area contributed by atoms with Crippen LogP contribution in [-0.2, 0) is 0 Å². The first-order chi connectivity index (χ1) is 9.05. The van der Waals surface area contributed by atoms with E-state index in [2.05, 4.69) is 15.5 Å². The van der Waals surface area contributed by atoms with E-state index in [9.17, 15) is 4.79 Å². The summed E-state index contributed by atoms with van der Waals surface area (Å²) in [5, 5.41) is 6.33. The zero-order valence-electron chi connectivity index (χ0n) is 12.2. The number of hydrogen-bond donors (Lipinski definition) is 2. The van der Waals surface area contributed by atoms with Crippen LogP contribution in [0.25, 0.3) is 0 Å². The van der Waals surface area contributed by atoms with Gasteiger partial charge in [-0.2, -0.15) is 0 Å². The Bertz CT molecular complexity index is 318. The van der Waals surface area contributed by atoms with Crippen molar-refractivity contribution in [2.75, 3.05) is 27.2 Å². The maximum Gasteiger partial charge on any atom is 0.315 e. The molecule has 4 rings (SSSR count). The van der Waals surface area contributed by atoms with E-state index in [4.69, 9.17) is 0 Å². The van der Waals surface area contributed by atoms with Crippen molar-refractivity contribution in [1.82, 2.24) is 15.5 Å². The molecule has 2 amide bonds. The van der Waals surface area contributed by atoms with Gasteiger partial charge in [0.2, 0.25) is 0 Å². The SMILES string of the molecule is CN(C)CCNC(=O)NC12CC3CC(CC(C3)C1)C2. The summed E-state index contributed by atoms with van der Waals surface area (Å²) >= 11 is 0. The monoisotopic (exact) mass is 265 g/mol. The number of hydrogen-bond acceptors (Lipinski definition) is 2. The molecule has 4 heteroatoms. The molecule has 0 unspecified atom stereocenters. The second-order valence-electron chi connectivity index (χ2n) is 7.38. The first-order valence-corrected chi connectivity index (χ1v) is 7.75. The molecule has 0 aliphatic heterocycles. The van der Waals surface area contributed by atoms with Crippen LogP contribution in [0, 0.1) is 17.8 Å². The minimum atomic E-state index is 0.0452. The molecule has 0 aromatic rings. The van der Waals surface area contributed by atoms with Crippen molar-refractivity contribution in [2.24, 2.45) is 17.8 Å². The van der Waals surface area contributed by atoms with Gasteiger partial charge in [0.1, 0.15) is 0 Å². The van der Waals surface area contributed by atoms with Crippen LogP contribution >= 0.6 is 0 Å². The standard InChI is InChI=1S/C15H27N3O/c1-18(2)4-3-16-14(19)17-15-8-11-5-12(9-15)7-13(6-11)10-15/h11-13H,3-10H2,1-2H3,(H2,16,17,19). The Hall–Kier alpha value is -0.770. The fourth-order valence-corrected chi connectivity index (χ4v) is 4.94. The summed E-state index contributed by atoms with van der Waals surface area (Å²) in [6, 6.07) is 0.0452. The molecule has 4 fully saturated rings. The number of nitrogens with zero attached hydrogens (tertiary/aromatic N) is 1. The van der Waals surface area contributed by atoms with E-state index >= 15 is 0 Å². The van der Waals surface area contributed by atoms with E-state index in [0.717, 1.165) is 30.8 Å². The lowest BCUT2D eigenvalue weighted by Crippen LogP contribution is -2.61. The molecule has 4 bridgehead atoms. The molecule has 0 spiro atoms. The van der Waals surface area contributed by atoms with E-state index in [1.165, 1.54) is 38.5 Å². The summed E-state index contributed by atoms with van der Waals surface area (Å²) in [7, 11) is 4.05. The molecular formula is C15H27N3O. The lowest BCUT2D eigenvalue weighted by Gasteiger charge is -2.56. The summed E-state index contributed by atoms with van der Waals surface area (Å²) < 4.78 is 0. The van der Waals surface area contributed by atoms with Gasteiger partial charge in [-0.1, -0.05) is 0 Å². The van der Waals surface area contributed by atoms with Crippen LogP contribution < -0.4 is 10.6 Å². The van der Waals surface area contributed by atoms with Gasteiger partial charge in [-0.15, -0.1) is 0 Å². The first kappa shape index (κ1) is 13.2. The highest BCUT2D eigenvalue weighted by molar-refractivity contribution is 5.74. The number of carbonyl (C=O) groups is 1. The number of rotatable bonds is 4. The van der Waals surface area contributed by atoms with E-state index in [1.54, 1.807) is 0 Å². The Kier molecular flexibility index (Phi) is 3.46. The molecule has 0 aromatic carbocycles. The van der Waals surface area contributed by atoms with Gasteiger partial charge in [0, 0.05) is 18.6 Å². The molecule has 108 valence electrons. The second kappa shape index (κ2) is 4.97. The number of likely N-dealkylation sites (N-methyl/N-ethyl adjacent to an activating group) is 1. The summed E-state index contributed by atoms with van der Waals surface area (Å²) in [4.78, 5) is 14.2. The van der Waals surface area contributed by atoms with Crippen LogP contribution in [0.4, 0.5) is 4.79 Å². The Morgan fingerprint density at radius 1 is 1.11 bits per heavy atom. The highest BCUT2D eigenvalue weighted by atomic mass is 16.2. The average molecular weight is 265 g/mol. The van der Waals surface area contributed by atoms with Gasteiger partial charge in [0.05, 0.1) is 0 Å². The van der Waals surface area contributed by atoms with E-state index < -0.39 is 0 Å². The highest BCUT2D eigenvalue weighted by Crippen LogP contribution is 2.55. The van der Waals surface area contributed by atoms with Gasteiger partial charge in [0.25, 0.3) is 0 Å². The topological polar surface area (TPSA) is 44.4 Å². The van der Waals surface area contributed by atoms with Gasteiger partial charge in [-0.3, -0.25) is 0 Å². The van der Waals surface area contributed by atoms with E-state index in [1.807, 2.05) is 14.1 Å². The molecule has 0 atom stereocenters. The lowest BCUT2D eigenvalue weighted by molar-refractivity contribution is -0.0135. The predicted octanol–water partition coefficient (Wildman–Crippen LogP) is 1.82. The molecule has 0 saturated heterocycles. The molecule has 0 heterocycles. The molecule has 4 aliphatic rings. The molecule has 4 saturated carbocycles. The van der Waals surface area contributed by atoms with Crippen molar-refractivity contribution in [1.29, 1.82) is 0 Å². The van der Waals surface area contributed by atoms with Gasteiger partial charge < -0.3 is 15.5 Å². The quantitative estimate of drug-likeness (QED) is 0.814. The van der Waals surface area contributed by atoms with Crippen LogP contribution in [0.3, 0.4) is 0 Å². The van der Waals surface area contributed by atoms with Crippen molar-refractivity contribution >= 4 is 6.03 Å². The maximum atomic E-state index is 12.1. The smallest absolute Gasteiger partial charge is 0.315 e. The van der Waals surface area contributed by atoms with Crippen molar-refractivity contribution in [3.63, 3.8) is 0 Å². The Labute approximate surface area is 116 Å². The fourth-order valence-electron chi connectivity index (χ4n) is 4.94. The summed E-state index contributed by atoms with van der Waals surface area (Å²) in [6.07, 6.45) is 7.93. The molecule has 0 radical (unpaired) electrons. The fraction of sp³-hybridized carbons (Fsp3) is 0.933. The van der Waals surface area contributed by atoms with Crippen LogP contribution in [-0.4, -0.2) is 43.7 Å². The van der Waals surface area contributed by atoms with Gasteiger partial charge >= 0.3 is 6.03 Å². The van der Waals surface area contributed by atoms with Crippen LogP contribution in [0.15, 0.2) is 0 Å². The van der Waals surface area contributed by atoms with Gasteiger partial charge in [-0.25, -0.2) is 4.79 Å². The third-order valence-electron chi connectivity index (χ3n) is 5.26. The number of nitrogens with one attached hydrogen (secondary N) is 2. The zero-order chi connectivity index (χ0) is 13.5. The first-order valence-electron chi connectivity index (χ1n) is 7.75. The summed E-state index contributed by atoms with van der Waals surface area (Å²) in [6.45, 7) is 1.62. The Balaban J connectivity index is 1.53. The van der Waals surface area contributed by atoms with Crippen LogP contribution in [0.2, 0.25) is 0 Å². The number of amides is 2. The third-order valence-corrected chi connectivity index (χ3v) is 5.26. The summed E-state index contributed by atoms with van der Waals surface area (Å²) in [5.74, 6) is 2.65. The average Bonchev–Trinajstić information content (AvgIpc) is 2.25. The zero-order valence-corrected chi connectivity index (χ0v) is 12.2. The van der Waals surface area contributed by atoms with Crippen LogP contribution in [0.1, 0.15) is 38.5 Å².